The molecule has 0 aromatic rings. The van der Waals surface area contributed by atoms with Crippen molar-refractivity contribution in [2.24, 2.45) is 0 Å². The fourth-order valence-corrected chi connectivity index (χ4v) is 3.17. The van der Waals surface area contributed by atoms with E-state index in [0.29, 0.717) is 26.2 Å². The lowest BCUT2D eigenvalue weighted by Gasteiger charge is -2.37. The van der Waals surface area contributed by atoms with Gasteiger partial charge in [0.2, 0.25) is 15.9 Å². The second-order valence-corrected chi connectivity index (χ2v) is 7.00. The quantitative estimate of drug-likeness (QED) is 0.690. The summed E-state index contributed by atoms with van der Waals surface area (Å²) in [5.41, 5.74) is 0. The number of amides is 1. The van der Waals surface area contributed by atoms with Crippen molar-refractivity contribution in [3.05, 3.63) is 0 Å². The Kier molecular flexibility index (Phi) is 5.12. The van der Waals surface area contributed by atoms with E-state index in [9.17, 15) is 13.2 Å². The summed E-state index contributed by atoms with van der Waals surface area (Å²) in [4.78, 5) is 15.4. The monoisotopic (exact) mass is 277 g/mol. The van der Waals surface area contributed by atoms with Crippen LogP contribution in [0.1, 0.15) is 13.8 Å². The number of hydrogen-bond donors (Lipinski definition) is 0. The number of nitrogens with zero attached hydrogens (tertiary/aromatic N) is 3. The van der Waals surface area contributed by atoms with Gasteiger partial charge >= 0.3 is 0 Å². The average Bonchev–Trinajstić information content (AvgIpc) is 2.37. The van der Waals surface area contributed by atoms with Crippen LogP contribution in [-0.4, -0.2) is 80.5 Å². The molecule has 1 amide bonds. The maximum absolute atomic E-state index is 11.8. The van der Waals surface area contributed by atoms with E-state index in [4.69, 9.17) is 0 Å². The molecule has 1 saturated heterocycles. The van der Waals surface area contributed by atoms with Gasteiger partial charge in [0.05, 0.1) is 11.8 Å². The zero-order valence-electron chi connectivity index (χ0n) is 11.6. The van der Waals surface area contributed by atoms with E-state index in [1.165, 1.54) is 4.31 Å². The van der Waals surface area contributed by atoms with Gasteiger partial charge in [-0.25, -0.2) is 8.42 Å². The molecule has 18 heavy (non-hydrogen) atoms. The molecule has 6 nitrogen and oxygen atoms in total. The van der Waals surface area contributed by atoms with Crippen molar-refractivity contribution in [1.82, 2.24) is 14.1 Å². The van der Waals surface area contributed by atoms with Crippen molar-refractivity contribution < 1.29 is 13.2 Å². The Morgan fingerprint density at radius 2 is 1.72 bits per heavy atom. The first-order valence-corrected chi connectivity index (χ1v) is 7.83. The maximum atomic E-state index is 11.8. The first-order valence-electron chi connectivity index (χ1n) is 6.22. The zero-order valence-corrected chi connectivity index (χ0v) is 12.4. The topological polar surface area (TPSA) is 60.9 Å². The van der Waals surface area contributed by atoms with Crippen molar-refractivity contribution >= 4 is 15.9 Å². The van der Waals surface area contributed by atoms with Gasteiger partial charge in [-0.3, -0.25) is 9.69 Å². The van der Waals surface area contributed by atoms with E-state index in [0.717, 1.165) is 0 Å². The minimum Gasteiger partial charge on any atom is -0.347 e. The molecule has 1 heterocycles. The zero-order chi connectivity index (χ0) is 13.9. The van der Waals surface area contributed by atoms with Crippen LogP contribution in [0.25, 0.3) is 0 Å². The number of piperazine rings is 1. The molecule has 0 aromatic heterocycles. The Hall–Kier alpha value is -0.660. The lowest BCUT2D eigenvalue weighted by atomic mass is 10.2. The number of rotatable bonds is 4. The Balaban J connectivity index is 2.57. The third-order valence-corrected chi connectivity index (χ3v) is 5.26. The fourth-order valence-electron chi connectivity index (χ4n) is 2.08. The summed E-state index contributed by atoms with van der Waals surface area (Å²) in [6.07, 6.45) is 0. The van der Waals surface area contributed by atoms with Crippen LogP contribution in [0.3, 0.4) is 0 Å². The lowest BCUT2D eigenvalue weighted by Crippen LogP contribution is -2.54. The van der Waals surface area contributed by atoms with Gasteiger partial charge in [0.25, 0.3) is 0 Å². The van der Waals surface area contributed by atoms with Crippen LogP contribution in [0, 0.1) is 0 Å². The highest BCUT2D eigenvalue weighted by Crippen LogP contribution is 2.11. The second kappa shape index (κ2) is 5.99. The van der Waals surface area contributed by atoms with Crippen LogP contribution in [-0.2, 0) is 14.8 Å². The molecule has 1 aliphatic heterocycles. The molecule has 0 N–H and O–H groups in total. The standard InChI is InChI=1S/C11H23N3O3S/c1-5-18(16,17)14-8-6-13(7-9-14)10(2)11(15)12(3)4/h10H,5-9H2,1-4H3. The number of hydrogen-bond acceptors (Lipinski definition) is 4. The number of carbonyl (C=O) groups is 1. The van der Waals surface area contributed by atoms with Crippen LogP contribution >= 0.6 is 0 Å². The van der Waals surface area contributed by atoms with Crippen molar-refractivity contribution in [1.29, 1.82) is 0 Å². The van der Waals surface area contributed by atoms with Crippen molar-refractivity contribution in [2.45, 2.75) is 19.9 Å². The molecule has 1 rings (SSSR count). The minimum absolute atomic E-state index is 0.0572. The van der Waals surface area contributed by atoms with Gasteiger partial charge in [-0.05, 0) is 13.8 Å². The van der Waals surface area contributed by atoms with E-state index in [-0.39, 0.29) is 17.7 Å². The van der Waals surface area contributed by atoms with Crippen LogP contribution in [0.5, 0.6) is 0 Å². The van der Waals surface area contributed by atoms with Crippen LogP contribution in [0.2, 0.25) is 0 Å². The smallest absolute Gasteiger partial charge is 0.239 e. The highest BCUT2D eigenvalue weighted by Gasteiger charge is 2.30. The molecule has 1 unspecified atom stereocenters. The van der Waals surface area contributed by atoms with Crippen molar-refractivity contribution in [3.63, 3.8) is 0 Å². The van der Waals surface area contributed by atoms with Crippen LogP contribution in [0.4, 0.5) is 0 Å². The molecule has 0 bridgehead atoms. The Bertz CT molecular complexity index is 386. The molecule has 7 heteroatoms. The number of sulfonamides is 1. The molecule has 0 saturated carbocycles. The summed E-state index contributed by atoms with van der Waals surface area (Å²) < 4.78 is 24.9. The van der Waals surface area contributed by atoms with E-state index >= 15 is 0 Å². The van der Waals surface area contributed by atoms with Gasteiger partial charge in [0.15, 0.2) is 0 Å². The highest BCUT2D eigenvalue weighted by atomic mass is 32.2. The summed E-state index contributed by atoms with van der Waals surface area (Å²) in [6.45, 7) is 5.69. The molecule has 0 aliphatic carbocycles. The summed E-state index contributed by atoms with van der Waals surface area (Å²) in [5, 5.41) is 0. The van der Waals surface area contributed by atoms with Gasteiger partial charge in [0, 0.05) is 40.3 Å². The fraction of sp³-hybridized carbons (Fsp3) is 0.909. The first-order chi connectivity index (χ1) is 8.29. The van der Waals surface area contributed by atoms with Gasteiger partial charge < -0.3 is 4.90 Å². The third-order valence-electron chi connectivity index (χ3n) is 3.38. The maximum Gasteiger partial charge on any atom is 0.239 e. The van der Waals surface area contributed by atoms with E-state index in [1.807, 2.05) is 11.8 Å². The van der Waals surface area contributed by atoms with Gasteiger partial charge in [0.1, 0.15) is 0 Å². The summed E-state index contributed by atoms with van der Waals surface area (Å²) in [5.74, 6) is 0.195. The Morgan fingerprint density at radius 1 is 1.22 bits per heavy atom. The Morgan fingerprint density at radius 3 is 2.11 bits per heavy atom. The molecule has 1 aliphatic rings. The number of carbonyl (C=O) groups excluding carboxylic acids is 1. The van der Waals surface area contributed by atoms with Gasteiger partial charge in [-0.15, -0.1) is 0 Å². The van der Waals surface area contributed by atoms with Crippen LogP contribution in [0.15, 0.2) is 0 Å². The summed E-state index contributed by atoms with van der Waals surface area (Å²) >= 11 is 0. The predicted molar refractivity (Wildman–Crippen MR) is 70.8 cm³/mol. The molecule has 1 atom stereocenters. The third kappa shape index (κ3) is 3.43. The van der Waals surface area contributed by atoms with Gasteiger partial charge in [-0.2, -0.15) is 4.31 Å². The van der Waals surface area contributed by atoms with Crippen molar-refractivity contribution in [2.75, 3.05) is 46.0 Å². The SMILES string of the molecule is CCS(=O)(=O)N1CCN(C(C)C(=O)N(C)C)CC1. The molecule has 0 aromatic carbocycles. The lowest BCUT2D eigenvalue weighted by molar-refractivity contribution is -0.134. The molecule has 0 spiro atoms. The minimum atomic E-state index is -3.10. The molecular formula is C11H23N3O3S. The largest absolute Gasteiger partial charge is 0.347 e. The van der Waals surface area contributed by atoms with Crippen LogP contribution < -0.4 is 0 Å². The predicted octanol–water partition coefficient (Wildman–Crippen LogP) is -0.570. The summed E-state index contributed by atoms with van der Waals surface area (Å²) in [7, 11) is 0.370. The van der Waals surface area contributed by atoms with E-state index in [2.05, 4.69) is 0 Å². The molecule has 1 fully saturated rings. The van der Waals surface area contributed by atoms with E-state index < -0.39 is 10.0 Å². The Labute approximate surface area is 110 Å². The average molecular weight is 277 g/mol. The second-order valence-electron chi connectivity index (χ2n) is 4.74. The molecular weight excluding hydrogens is 254 g/mol. The summed E-state index contributed by atoms with van der Waals surface area (Å²) in [6, 6.07) is -0.188. The number of likely N-dealkylation sites (N-methyl/N-ethyl adjacent to an activating group) is 1. The highest BCUT2D eigenvalue weighted by molar-refractivity contribution is 7.89. The normalized spacial score (nSPS) is 20.7. The van der Waals surface area contributed by atoms with E-state index in [1.54, 1.807) is 25.9 Å². The van der Waals surface area contributed by atoms with Gasteiger partial charge in [-0.1, -0.05) is 0 Å². The van der Waals surface area contributed by atoms with Crippen molar-refractivity contribution in [3.8, 4) is 0 Å². The molecule has 106 valence electrons. The first kappa shape index (κ1) is 15.4. The molecule has 0 radical (unpaired) electrons.